The molecule has 1 heterocycles. The van der Waals surface area contributed by atoms with E-state index in [2.05, 4.69) is 37.9 Å². The summed E-state index contributed by atoms with van der Waals surface area (Å²) < 4.78 is 36.7. The third-order valence-electron chi connectivity index (χ3n) is 4.23. The molecule has 0 amide bonds. The second kappa shape index (κ2) is 6.22. The van der Waals surface area contributed by atoms with Gasteiger partial charge >= 0.3 is 5.51 Å². The van der Waals surface area contributed by atoms with E-state index in [9.17, 15) is 13.2 Å². The van der Waals surface area contributed by atoms with Gasteiger partial charge in [0, 0.05) is 36.5 Å². The zero-order chi connectivity index (χ0) is 14.7. The minimum absolute atomic E-state index is 0.0540. The van der Waals surface area contributed by atoms with Crippen molar-refractivity contribution in [3.05, 3.63) is 0 Å². The molecule has 0 aliphatic carbocycles. The van der Waals surface area contributed by atoms with E-state index in [0.717, 1.165) is 25.9 Å². The highest BCUT2D eigenvalue weighted by molar-refractivity contribution is 8.00. The number of nitrogens with zero attached hydrogens (tertiary/aromatic N) is 1. The van der Waals surface area contributed by atoms with Crippen molar-refractivity contribution in [3.63, 3.8) is 0 Å². The fourth-order valence-corrected chi connectivity index (χ4v) is 3.07. The van der Waals surface area contributed by atoms with E-state index < -0.39 is 5.51 Å². The average molecular weight is 298 g/mol. The van der Waals surface area contributed by atoms with Gasteiger partial charge in [-0.25, -0.2) is 0 Å². The van der Waals surface area contributed by atoms with Crippen molar-refractivity contribution in [2.45, 2.75) is 57.1 Å². The van der Waals surface area contributed by atoms with Crippen molar-refractivity contribution < 1.29 is 13.2 Å². The van der Waals surface area contributed by atoms with Crippen LogP contribution in [-0.4, -0.2) is 46.9 Å². The SMILES string of the molecule is CCC1(CC)CN(CCSC(F)(F)F)C(C)(C)CN1. The number of hydrogen-bond acceptors (Lipinski definition) is 3. The first-order valence-corrected chi connectivity index (χ1v) is 7.83. The third-order valence-corrected chi connectivity index (χ3v) is 4.94. The molecule has 0 saturated carbocycles. The monoisotopic (exact) mass is 298 g/mol. The summed E-state index contributed by atoms with van der Waals surface area (Å²) in [5.41, 5.74) is -4.15. The van der Waals surface area contributed by atoms with Gasteiger partial charge in [-0.1, -0.05) is 13.8 Å². The lowest BCUT2D eigenvalue weighted by Crippen LogP contribution is -2.68. The topological polar surface area (TPSA) is 15.3 Å². The number of thioether (sulfide) groups is 1. The molecular weight excluding hydrogens is 273 g/mol. The van der Waals surface area contributed by atoms with Crippen LogP contribution in [0.25, 0.3) is 0 Å². The maximum Gasteiger partial charge on any atom is 0.441 e. The van der Waals surface area contributed by atoms with Crippen LogP contribution < -0.4 is 5.32 Å². The highest BCUT2D eigenvalue weighted by Gasteiger charge is 2.40. The first-order valence-electron chi connectivity index (χ1n) is 6.85. The third kappa shape index (κ3) is 4.83. The quantitative estimate of drug-likeness (QED) is 0.836. The summed E-state index contributed by atoms with van der Waals surface area (Å²) in [5, 5.41) is 3.59. The highest BCUT2D eigenvalue weighted by Crippen LogP contribution is 2.32. The van der Waals surface area contributed by atoms with Gasteiger partial charge in [0.15, 0.2) is 0 Å². The predicted molar refractivity (Wildman–Crippen MR) is 75.5 cm³/mol. The standard InChI is InChI=1S/C13H25F3N2S/c1-5-12(6-2)10-18(11(3,4)9-17-12)7-8-19-13(14,15)16/h17H,5-10H2,1-4H3. The van der Waals surface area contributed by atoms with E-state index in [1.54, 1.807) is 0 Å². The molecular formula is C13H25F3N2S. The Kier molecular flexibility index (Phi) is 5.61. The van der Waals surface area contributed by atoms with Gasteiger partial charge in [0.1, 0.15) is 0 Å². The van der Waals surface area contributed by atoms with Gasteiger partial charge in [-0.3, -0.25) is 4.90 Å². The Hall–Kier alpha value is 0.0600. The molecule has 1 N–H and O–H groups in total. The van der Waals surface area contributed by atoms with Crippen molar-refractivity contribution in [2.75, 3.05) is 25.4 Å². The molecule has 19 heavy (non-hydrogen) atoms. The molecule has 0 aromatic carbocycles. The van der Waals surface area contributed by atoms with Crippen LogP contribution in [0.5, 0.6) is 0 Å². The summed E-state index contributed by atoms with van der Waals surface area (Å²) in [4.78, 5) is 2.20. The van der Waals surface area contributed by atoms with Gasteiger partial charge in [-0.2, -0.15) is 13.2 Å². The molecule has 0 atom stereocenters. The molecule has 0 unspecified atom stereocenters. The largest absolute Gasteiger partial charge is 0.441 e. The highest BCUT2D eigenvalue weighted by atomic mass is 32.2. The second-order valence-corrected chi connectivity index (χ2v) is 7.03. The maximum atomic E-state index is 12.2. The van der Waals surface area contributed by atoms with Gasteiger partial charge in [-0.15, -0.1) is 0 Å². The fourth-order valence-electron chi connectivity index (χ4n) is 2.53. The van der Waals surface area contributed by atoms with Crippen LogP contribution in [0.1, 0.15) is 40.5 Å². The van der Waals surface area contributed by atoms with Crippen LogP contribution in [0.4, 0.5) is 13.2 Å². The molecule has 1 aliphatic rings. The smallest absolute Gasteiger partial charge is 0.308 e. The molecule has 1 fully saturated rings. The molecule has 0 bridgehead atoms. The lowest BCUT2D eigenvalue weighted by atomic mass is 9.85. The molecule has 0 aromatic heterocycles. The van der Waals surface area contributed by atoms with E-state index in [1.807, 2.05) is 0 Å². The average Bonchev–Trinajstić information content (AvgIpc) is 2.30. The first-order chi connectivity index (χ1) is 8.64. The summed E-state index contributed by atoms with van der Waals surface area (Å²) in [6, 6.07) is 0. The van der Waals surface area contributed by atoms with Crippen LogP contribution in [0, 0.1) is 0 Å². The Morgan fingerprint density at radius 1 is 1.21 bits per heavy atom. The van der Waals surface area contributed by atoms with Gasteiger partial charge < -0.3 is 5.32 Å². The number of alkyl halides is 3. The zero-order valence-electron chi connectivity index (χ0n) is 12.2. The Morgan fingerprint density at radius 2 is 1.79 bits per heavy atom. The molecule has 1 aliphatic heterocycles. The van der Waals surface area contributed by atoms with Gasteiger partial charge in [-0.05, 0) is 38.5 Å². The number of piperazine rings is 1. The summed E-state index contributed by atoms with van der Waals surface area (Å²) in [5.74, 6) is 0.108. The zero-order valence-corrected chi connectivity index (χ0v) is 13.0. The number of nitrogens with one attached hydrogen (secondary N) is 1. The minimum atomic E-state index is -4.12. The Bertz CT molecular complexity index is 288. The van der Waals surface area contributed by atoms with E-state index in [0.29, 0.717) is 6.54 Å². The molecule has 1 saturated heterocycles. The van der Waals surface area contributed by atoms with Crippen molar-refractivity contribution in [1.29, 1.82) is 0 Å². The Morgan fingerprint density at radius 3 is 2.26 bits per heavy atom. The summed E-state index contributed by atoms with van der Waals surface area (Å²) >= 11 is 0.0812. The van der Waals surface area contributed by atoms with Crippen molar-refractivity contribution >= 4 is 11.8 Å². The molecule has 1 rings (SSSR count). The van der Waals surface area contributed by atoms with Crippen LogP contribution in [0.2, 0.25) is 0 Å². The second-order valence-electron chi connectivity index (χ2n) is 5.87. The number of rotatable bonds is 5. The van der Waals surface area contributed by atoms with Crippen LogP contribution in [0.15, 0.2) is 0 Å². The van der Waals surface area contributed by atoms with Crippen LogP contribution in [-0.2, 0) is 0 Å². The first kappa shape index (κ1) is 17.1. The Labute approximate surface area is 118 Å². The number of hydrogen-bond donors (Lipinski definition) is 1. The summed E-state index contributed by atoms with van der Waals surface area (Å²) in [7, 11) is 0. The van der Waals surface area contributed by atoms with Gasteiger partial charge in [0.25, 0.3) is 0 Å². The normalized spacial score (nSPS) is 23.5. The minimum Gasteiger partial charge on any atom is -0.308 e. The Balaban J connectivity index is 2.61. The summed E-state index contributed by atoms with van der Waals surface area (Å²) in [6.07, 6.45) is 2.00. The molecule has 0 radical (unpaired) electrons. The lowest BCUT2D eigenvalue weighted by molar-refractivity contribution is -0.0333. The predicted octanol–water partition coefficient (Wildman–Crippen LogP) is 3.48. The molecule has 0 spiro atoms. The van der Waals surface area contributed by atoms with E-state index in [1.165, 1.54) is 0 Å². The maximum absolute atomic E-state index is 12.2. The molecule has 6 heteroatoms. The molecule has 0 aromatic rings. The van der Waals surface area contributed by atoms with Crippen molar-refractivity contribution in [2.24, 2.45) is 0 Å². The van der Waals surface area contributed by atoms with Gasteiger partial charge in [0.2, 0.25) is 0 Å². The van der Waals surface area contributed by atoms with Crippen molar-refractivity contribution in [1.82, 2.24) is 10.2 Å². The lowest BCUT2D eigenvalue weighted by Gasteiger charge is -2.52. The van der Waals surface area contributed by atoms with Crippen molar-refractivity contribution in [3.8, 4) is 0 Å². The van der Waals surface area contributed by atoms with E-state index >= 15 is 0 Å². The van der Waals surface area contributed by atoms with Gasteiger partial charge in [0.05, 0.1) is 0 Å². The fraction of sp³-hybridized carbons (Fsp3) is 1.00. The van der Waals surface area contributed by atoms with Crippen LogP contribution in [0.3, 0.4) is 0 Å². The molecule has 114 valence electrons. The molecule has 2 nitrogen and oxygen atoms in total. The van der Waals surface area contributed by atoms with E-state index in [4.69, 9.17) is 0 Å². The van der Waals surface area contributed by atoms with E-state index in [-0.39, 0.29) is 28.6 Å². The van der Waals surface area contributed by atoms with Crippen LogP contribution >= 0.6 is 11.8 Å². The number of halogens is 3. The summed E-state index contributed by atoms with van der Waals surface area (Å²) in [6.45, 7) is 10.6.